The van der Waals surface area contributed by atoms with Crippen LogP contribution < -0.4 is 11.1 Å². The quantitative estimate of drug-likeness (QED) is 0.840. The molecule has 0 aromatic carbocycles. The Hall–Kier alpha value is -0.980. The SMILES string of the molecule is Cc1csc(CCNC(=O)C2(N)CCOCC2)n1. The number of hydrogen-bond acceptors (Lipinski definition) is 5. The molecular weight excluding hydrogens is 250 g/mol. The molecule has 0 atom stereocenters. The Morgan fingerprint density at radius 3 is 2.94 bits per heavy atom. The molecule has 0 radical (unpaired) electrons. The number of ether oxygens (including phenoxy) is 1. The van der Waals surface area contributed by atoms with Crippen molar-refractivity contribution < 1.29 is 9.53 Å². The van der Waals surface area contributed by atoms with Crippen molar-refractivity contribution in [3.05, 3.63) is 16.1 Å². The summed E-state index contributed by atoms with van der Waals surface area (Å²) in [5.74, 6) is -0.0703. The molecule has 18 heavy (non-hydrogen) atoms. The van der Waals surface area contributed by atoms with E-state index in [1.54, 1.807) is 11.3 Å². The molecule has 2 heterocycles. The number of carbonyl (C=O) groups is 1. The summed E-state index contributed by atoms with van der Waals surface area (Å²) in [7, 11) is 0. The molecule has 100 valence electrons. The third kappa shape index (κ3) is 3.28. The van der Waals surface area contributed by atoms with Crippen LogP contribution >= 0.6 is 11.3 Å². The fraction of sp³-hybridized carbons (Fsp3) is 0.667. The maximum atomic E-state index is 12.0. The maximum absolute atomic E-state index is 12.0. The van der Waals surface area contributed by atoms with Crippen LogP contribution in [0.3, 0.4) is 0 Å². The summed E-state index contributed by atoms with van der Waals surface area (Å²) < 4.78 is 5.22. The molecule has 0 saturated carbocycles. The normalized spacial score (nSPS) is 18.6. The number of hydrogen-bond donors (Lipinski definition) is 2. The molecule has 1 aromatic heterocycles. The third-order valence-electron chi connectivity index (χ3n) is 3.13. The van der Waals surface area contributed by atoms with Crippen molar-refractivity contribution in [3.8, 4) is 0 Å². The van der Waals surface area contributed by atoms with Gasteiger partial charge in [-0.2, -0.15) is 0 Å². The zero-order valence-corrected chi connectivity index (χ0v) is 11.4. The molecule has 1 aliphatic rings. The average molecular weight is 269 g/mol. The standard InChI is InChI=1S/C12H19N3O2S/c1-9-8-18-10(15-9)2-5-14-11(16)12(13)3-6-17-7-4-12/h8H,2-7,13H2,1H3,(H,14,16). The Kier molecular flexibility index (Phi) is 4.31. The first-order valence-corrected chi connectivity index (χ1v) is 7.04. The Morgan fingerprint density at radius 1 is 1.61 bits per heavy atom. The Balaban J connectivity index is 1.77. The van der Waals surface area contributed by atoms with E-state index in [9.17, 15) is 4.79 Å². The molecule has 5 nitrogen and oxygen atoms in total. The average Bonchev–Trinajstić information content (AvgIpc) is 2.76. The fourth-order valence-corrected chi connectivity index (χ4v) is 2.72. The zero-order valence-electron chi connectivity index (χ0n) is 10.6. The second-order valence-electron chi connectivity index (χ2n) is 4.66. The van der Waals surface area contributed by atoms with Gasteiger partial charge < -0.3 is 15.8 Å². The van der Waals surface area contributed by atoms with E-state index in [4.69, 9.17) is 10.5 Å². The van der Waals surface area contributed by atoms with Crippen LogP contribution in [0.5, 0.6) is 0 Å². The van der Waals surface area contributed by atoms with Gasteiger partial charge in [0.15, 0.2) is 0 Å². The first-order chi connectivity index (χ1) is 8.60. The van der Waals surface area contributed by atoms with Crippen LogP contribution in [0, 0.1) is 6.92 Å². The topological polar surface area (TPSA) is 77.2 Å². The van der Waals surface area contributed by atoms with Crippen LogP contribution in [0.4, 0.5) is 0 Å². The van der Waals surface area contributed by atoms with Crippen molar-refractivity contribution in [1.82, 2.24) is 10.3 Å². The lowest BCUT2D eigenvalue weighted by Gasteiger charge is -2.31. The van der Waals surface area contributed by atoms with Crippen molar-refractivity contribution in [3.63, 3.8) is 0 Å². The van der Waals surface area contributed by atoms with E-state index in [0.29, 0.717) is 32.6 Å². The van der Waals surface area contributed by atoms with Gasteiger partial charge in [0.2, 0.25) is 5.91 Å². The number of nitrogens with one attached hydrogen (secondary N) is 1. The van der Waals surface area contributed by atoms with Crippen LogP contribution in [0.1, 0.15) is 23.5 Å². The minimum Gasteiger partial charge on any atom is -0.381 e. The van der Waals surface area contributed by atoms with E-state index >= 15 is 0 Å². The highest BCUT2D eigenvalue weighted by Crippen LogP contribution is 2.17. The minimum absolute atomic E-state index is 0.0703. The monoisotopic (exact) mass is 269 g/mol. The molecule has 1 aromatic rings. The second kappa shape index (κ2) is 5.77. The molecule has 2 rings (SSSR count). The number of rotatable bonds is 4. The molecule has 0 aliphatic carbocycles. The van der Waals surface area contributed by atoms with Gasteiger partial charge in [0.25, 0.3) is 0 Å². The summed E-state index contributed by atoms with van der Waals surface area (Å²) in [5.41, 5.74) is 6.36. The lowest BCUT2D eigenvalue weighted by atomic mass is 9.90. The van der Waals surface area contributed by atoms with Crippen molar-refractivity contribution in [1.29, 1.82) is 0 Å². The molecule has 0 bridgehead atoms. The van der Waals surface area contributed by atoms with Crippen LogP contribution in [-0.4, -0.2) is 36.2 Å². The largest absolute Gasteiger partial charge is 0.381 e. The van der Waals surface area contributed by atoms with Gasteiger partial charge in [0, 0.05) is 37.3 Å². The number of thiazole rings is 1. The molecule has 1 amide bonds. The molecule has 6 heteroatoms. The van der Waals surface area contributed by atoms with Gasteiger partial charge in [0.05, 0.1) is 10.5 Å². The predicted molar refractivity (Wildman–Crippen MR) is 70.5 cm³/mol. The van der Waals surface area contributed by atoms with Crippen molar-refractivity contribution in [2.45, 2.75) is 31.7 Å². The van der Waals surface area contributed by atoms with Crippen LogP contribution in [0.25, 0.3) is 0 Å². The van der Waals surface area contributed by atoms with E-state index in [2.05, 4.69) is 10.3 Å². The summed E-state index contributed by atoms with van der Waals surface area (Å²) >= 11 is 1.62. The Bertz CT molecular complexity index is 413. The van der Waals surface area contributed by atoms with Gasteiger partial charge in [-0.3, -0.25) is 4.79 Å². The fourth-order valence-electron chi connectivity index (χ4n) is 1.94. The van der Waals surface area contributed by atoms with E-state index in [0.717, 1.165) is 17.1 Å². The lowest BCUT2D eigenvalue weighted by molar-refractivity contribution is -0.129. The third-order valence-corrected chi connectivity index (χ3v) is 4.15. The van der Waals surface area contributed by atoms with Gasteiger partial charge >= 0.3 is 0 Å². The van der Waals surface area contributed by atoms with Crippen LogP contribution in [0.2, 0.25) is 0 Å². The van der Waals surface area contributed by atoms with Crippen molar-refractivity contribution in [2.75, 3.05) is 19.8 Å². The molecule has 1 fully saturated rings. The summed E-state index contributed by atoms with van der Waals surface area (Å²) in [6.45, 7) is 3.69. The summed E-state index contributed by atoms with van der Waals surface area (Å²) in [4.78, 5) is 16.4. The highest BCUT2D eigenvalue weighted by Gasteiger charge is 2.35. The number of nitrogens with zero attached hydrogens (tertiary/aromatic N) is 1. The molecule has 1 saturated heterocycles. The molecule has 0 unspecified atom stereocenters. The second-order valence-corrected chi connectivity index (χ2v) is 5.60. The minimum atomic E-state index is -0.753. The predicted octanol–water partition coefficient (Wildman–Crippen LogP) is 0.618. The first-order valence-electron chi connectivity index (χ1n) is 6.16. The summed E-state index contributed by atoms with van der Waals surface area (Å²) in [5, 5.41) is 5.96. The van der Waals surface area contributed by atoms with E-state index in [-0.39, 0.29) is 5.91 Å². The summed E-state index contributed by atoms with van der Waals surface area (Å²) in [6, 6.07) is 0. The zero-order chi connectivity index (χ0) is 13.0. The number of aromatic nitrogens is 1. The number of amides is 1. The van der Waals surface area contributed by atoms with Gasteiger partial charge in [-0.15, -0.1) is 11.3 Å². The molecular formula is C12H19N3O2S. The number of aryl methyl sites for hydroxylation is 1. The Labute approximate surface area is 111 Å². The summed E-state index contributed by atoms with van der Waals surface area (Å²) in [6.07, 6.45) is 1.95. The van der Waals surface area contributed by atoms with E-state index in [1.165, 1.54) is 0 Å². The highest BCUT2D eigenvalue weighted by molar-refractivity contribution is 7.09. The van der Waals surface area contributed by atoms with Gasteiger partial charge in [-0.25, -0.2) is 4.98 Å². The van der Waals surface area contributed by atoms with E-state index < -0.39 is 5.54 Å². The Morgan fingerprint density at radius 2 is 2.33 bits per heavy atom. The smallest absolute Gasteiger partial charge is 0.240 e. The van der Waals surface area contributed by atoms with Gasteiger partial charge in [0.1, 0.15) is 0 Å². The van der Waals surface area contributed by atoms with Crippen LogP contribution in [-0.2, 0) is 16.0 Å². The molecule has 0 spiro atoms. The molecule has 3 N–H and O–H groups in total. The highest BCUT2D eigenvalue weighted by atomic mass is 32.1. The first kappa shape index (κ1) is 13.5. The van der Waals surface area contributed by atoms with Crippen molar-refractivity contribution >= 4 is 17.2 Å². The number of carbonyl (C=O) groups excluding carboxylic acids is 1. The van der Waals surface area contributed by atoms with E-state index in [1.807, 2.05) is 12.3 Å². The lowest BCUT2D eigenvalue weighted by Crippen LogP contribution is -2.57. The molecule has 1 aliphatic heterocycles. The van der Waals surface area contributed by atoms with Crippen LogP contribution in [0.15, 0.2) is 5.38 Å². The van der Waals surface area contributed by atoms with Gasteiger partial charge in [-0.05, 0) is 19.8 Å². The van der Waals surface area contributed by atoms with Gasteiger partial charge in [-0.1, -0.05) is 0 Å². The number of nitrogens with two attached hydrogens (primary N) is 1. The maximum Gasteiger partial charge on any atom is 0.240 e. The van der Waals surface area contributed by atoms with Crippen molar-refractivity contribution in [2.24, 2.45) is 5.73 Å².